The minimum atomic E-state index is -0.444. The van der Waals surface area contributed by atoms with Gasteiger partial charge in [-0.1, -0.05) is 48.0 Å². The summed E-state index contributed by atoms with van der Waals surface area (Å²) in [5, 5.41) is 0. The number of carbonyl (C=O) groups excluding carboxylic acids is 1. The molecule has 0 spiro atoms. The van der Waals surface area contributed by atoms with Crippen LogP contribution in [0.4, 0.5) is 0 Å². The molecule has 148 valence electrons. The lowest BCUT2D eigenvalue weighted by Crippen LogP contribution is -2.03. The number of rotatable bonds is 7. The highest BCUT2D eigenvalue weighted by Gasteiger charge is 2.05. The van der Waals surface area contributed by atoms with E-state index in [0.717, 1.165) is 16.7 Å². The van der Waals surface area contributed by atoms with Gasteiger partial charge in [0.1, 0.15) is 5.75 Å². The van der Waals surface area contributed by atoms with Crippen molar-refractivity contribution in [2.24, 2.45) is 0 Å². The van der Waals surface area contributed by atoms with Crippen LogP contribution in [0.2, 0.25) is 0 Å². The summed E-state index contributed by atoms with van der Waals surface area (Å²) >= 11 is 0. The molecule has 0 N–H and O–H groups in total. The molecule has 3 rings (SSSR count). The molecular formula is C25H24O4. The van der Waals surface area contributed by atoms with Gasteiger partial charge < -0.3 is 14.2 Å². The van der Waals surface area contributed by atoms with E-state index < -0.39 is 5.97 Å². The number of hydrogen-bond donors (Lipinski definition) is 0. The molecular weight excluding hydrogens is 364 g/mol. The number of benzene rings is 3. The second-order valence-corrected chi connectivity index (χ2v) is 6.49. The van der Waals surface area contributed by atoms with Gasteiger partial charge in [-0.05, 0) is 60.9 Å². The molecule has 3 aromatic rings. The Morgan fingerprint density at radius 2 is 1.55 bits per heavy atom. The first kappa shape index (κ1) is 20.2. The summed E-state index contributed by atoms with van der Waals surface area (Å²) in [7, 11) is 1.58. The smallest absolute Gasteiger partial charge is 0.336 e. The lowest BCUT2D eigenvalue weighted by atomic mass is 10.0. The van der Waals surface area contributed by atoms with Crippen LogP contribution in [0.3, 0.4) is 0 Å². The largest absolute Gasteiger partial charge is 0.493 e. The average Bonchev–Trinajstić information content (AvgIpc) is 2.74. The van der Waals surface area contributed by atoms with Crippen molar-refractivity contribution >= 4 is 12.0 Å². The van der Waals surface area contributed by atoms with Gasteiger partial charge in [0, 0.05) is 6.08 Å². The fourth-order valence-corrected chi connectivity index (χ4v) is 2.84. The van der Waals surface area contributed by atoms with Crippen molar-refractivity contribution < 1.29 is 19.0 Å². The van der Waals surface area contributed by atoms with E-state index in [1.165, 1.54) is 11.6 Å². The maximum absolute atomic E-state index is 12.1. The maximum Gasteiger partial charge on any atom is 0.336 e. The van der Waals surface area contributed by atoms with Crippen LogP contribution in [-0.4, -0.2) is 19.7 Å². The monoisotopic (exact) mass is 388 g/mol. The van der Waals surface area contributed by atoms with Crippen LogP contribution in [0.1, 0.15) is 18.1 Å². The standard InChI is InChI=1S/C25H24O4/c1-4-28-23-15-7-19(17-24(23)27-3)8-16-25(26)29-22-13-11-21(12-14-22)20-9-5-18(2)6-10-20/h5-17H,4H2,1-3H3/b16-8+. The molecule has 0 aliphatic heterocycles. The number of ether oxygens (including phenoxy) is 3. The van der Waals surface area contributed by atoms with E-state index in [0.29, 0.717) is 23.9 Å². The summed E-state index contributed by atoms with van der Waals surface area (Å²) in [6, 6.07) is 21.2. The molecule has 29 heavy (non-hydrogen) atoms. The molecule has 3 aromatic carbocycles. The van der Waals surface area contributed by atoms with Gasteiger partial charge in [-0.3, -0.25) is 0 Å². The lowest BCUT2D eigenvalue weighted by molar-refractivity contribution is -0.128. The van der Waals surface area contributed by atoms with Crippen LogP contribution in [0.15, 0.2) is 72.8 Å². The molecule has 0 saturated carbocycles. The van der Waals surface area contributed by atoms with E-state index >= 15 is 0 Å². The van der Waals surface area contributed by atoms with Crippen molar-refractivity contribution in [2.45, 2.75) is 13.8 Å². The van der Waals surface area contributed by atoms with Crippen molar-refractivity contribution in [3.8, 4) is 28.4 Å². The molecule has 0 atom stereocenters. The molecule has 0 unspecified atom stereocenters. The van der Waals surface area contributed by atoms with Crippen LogP contribution >= 0.6 is 0 Å². The van der Waals surface area contributed by atoms with Gasteiger partial charge in [-0.2, -0.15) is 0 Å². The van der Waals surface area contributed by atoms with Gasteiger partial charge >= 0.3 is 5.97 Å². The first-order valence-corrected chi connectivity index (χ1v) is 9.47. The summed E-state index contributed by atoms with van der Waals surface area (Å²) < 4.78 is 16.2. The third-order valence-corrected chi connectivity index (χ3v) is 4.36. The molecule has 0 amide bonds. The van der Waals surface area contributed by atoms with Crippen LogP contribution < -0.4 is 14.2 Å². The normalized spacial score (nSPS) is 10.7. The van der Waals surface area contributed by atoms with Gasteiger partial charge in [-0.15, -0.1) is 0 Å². The molecule has 0 aliphatic rings. The molecule has 0 bridgehead atoms. The van der Waals surface area contributed by atoms with Gasteiger partial charge in [0.25, 0.3) is 0 Å². The molecule has 4 heteroatoms. The van der Waals surface area contributed by atoms with Gasteiger partial charge in [-0.25, -0.2) is 4.79 Å². The molecule has 0 aliphatic carbocycles. The molecule has 0 saturated heterocycles. The van der Waals surface area contributed by atoms with E-state index in [-0.39, 0.29) is 0 Å². The predicted molar refractivity (Wildman–Crippen MR) is 115 cm³/mol. The predicted octanol–water partition coefficient (Wildman–Crippen LogP) is 5.69. The second-order valence-electron chi connectivity index (χ2n) is 6.49. The summed E-state index contributed by atoms with van der Waals surface area (Å²) in [5.41, 5.74) is 4.23. The second kappa shape index (κ2) is 9.60. The maximum atomic E-state index is 12.1. The summed E-state index contributed by atoms with van der Waals surface area (Å²) in [4.78, 5) is 12.1. The lowest BCUT2D eigenvalue weighted by Gasteiger charge is -2.09. The van der Waals surface area contributed by atoms with Gasteiger partial charge in [0.2, 0.25) is 0 Å². The fourth-order valence-electron chi connectivity index (χ4n) is 2.84. The molecule has 4 nitrogen and oxygen atoms in total. The highest BCUT2D eigenvalue weighted by atomic mass is 16.5. The Morgan fingerprint density at radius 1 is 0.897 bits per heavy atom. The fraction of sp³-hybridized carbons (Fsp3) is 0.160. The number of aryl methyl sites for hydroxylation is 1. The first-order valence-electron chi connectivity index (χ1n) is 9.47. The summed E-state index contributed by atoms with van der Waals surface area (Å²) in [6.45, 7) is 4.53. The van der Waals surface area contributed by atoms with E-state index in [2.05, 4.69) is 31.2 Å². The molecule has 0 heterocycles. The Bertz CT molecular complexity index is 986. The number of carbonyl (C=O) groups is 1. The minimum Gasteiger partial charge on any atom is -0.493 e. The Kier molecular flexibility index (Phi) is 6.69. The number of esters is 1. The SMILES string of the molecule is CCOc1ccc(/C=C/C(=O)Oc2ccc(-c3ccc(C)cc3)cc2)cc1OC. The van der Waals surface area contributed by atoms with Crippen molar-refractivity contribution in [1.29, 1.82) is 0 Å². The Labute approximate surface area is 171 Å². The van der Waals surface area contributed by atoms with E-state index in [1.807, 2.05) is 37.3 Å². The highest BCUT2D eigenvalue weighted by Crippen LogP contribution is 2.28. The van der Waals surface area contributed by atoms with Crippen LogP contribution in [0.25, 0.3) is 17.2 Å². The zero-order valence-electron chi connectivity index (χ0n) is 16.8. The van der Waals surface area contributed by atoms with Gasteiger partial charge in [0.05, 0.1) is 13.7 Å². The molecule has 0 aromatic heterocycles. The molecule has 0 radical (unpaired) electrons. The molecule has 0 fully saturated rings. The van der Waals surface area contributed by atoms with Crippen molar-refractivity contribution in [1.82, 2.24) is 0 Å². The zero-order valence-corrected chi connectivity index (χ0v) is 16.8. The zero-order chi connectivity index (χ0) is 20.6. The van der Waals surface area contributed by atoms with E-state index in [9.17, 15) is 4.79 Å². The number of methoxy groups -OCH3 is 1. The van der Waals surface area contributed by atoms with E-state index in [4.69, 9.17) is 14.2 Å². The van der Waals surface area contributed by atoms with Crippen LogP contribution in [0.5, 0.6) is 17.2 Å². The quantitative estimate of drug-likeness (QED) is 0.296. The van der Waals surface area contributed by atoms with Crippen molar-refractivity contribution in [2.75, 3.05) is 13.7 Å². The van der Waals surface area contributed by atoms with Crippen LogP contribution in [-0.2, 0) is 4.79 Å². The third kappa shape index (κ3) is 5.48. The van der Waals surface area contributed by atoms with E-state index in [1.54, 1.807) is 25.3 Å². The summed E-state index contributed by atoms with van der Waals surface area (Å²) in [6.07, 6.45) is 3.07. The van der Waals surface area contributed by atoms with Gasteiger partial charge in [0.15, 0.2) is 11.5 Å². The van der Waals surface area contributed by atoms with Crippen molar-refractivity contribution in [3.63, 3.8) is 0 Å². The third-order valence-electron chi connectivity index (χ3n) is 4.36. The van der Waals surface area contributed by atoms with Crippen LogP contribution in [0, 0.1) is 6.92 Å². The highest BCUT2D eigenvalue weighted by molar-refractivity contribution is 5.89. The average molecular weight is 388 g/mol. The Morgan fingerprint density at radius 3 is 2.17 bits per heavy atom. The Hall–Kier alpha value is -3.53. The van der Waals surface area contributed by atoms with Crippen molar-refractivity contribution in [3.05, 3.63) is 83.9 Å². The summed E-state index contributed by atoms with van der Waals surface area (Å²) in [5.74, 6) is 1.35. The first-order chi connectivity index (χ1) is 14.1. The number of hydrogen-bond acceptors (Lipinski definition) is 4. The Balaban J connectivity index is 1.63. The minimum absolute atomic E-state index is 0.444. The topological polar surface area (TPSA) is 44.8 Å².